The number of rotatable bonds is 8. The molecule has 0 saturated carbocycles. The number of carbonyl (C=O) groups is 1. The van der Waals surface area contributed by atoms with Crippen molar-refractivity contribution in [1.29, 1.82) is 5.41 Å². The van der Waals surface area contributed by atoms with E-state index in [2.05, 4.69) is 32.1 Å². The van der Waals surface area contributed by atoms with Crippen LogP contribution >= 0.6 is 0 Å². The molecule has 31 heavy (non-hydrogen) atoms. The largest absolute Gasteiger partial charge is 0.494 e. The molecule has 1 heterocycles. The second kappa shape index (κ2) is 8.96. The number of carboxylic acid groups (broad SMARTS) is 1. The molecule has 4 rings (SSSR count). The number of aromatic carboxylic acids is 1. The number of ether oxygens (including phenoxy) is 1. The second-order valence-corrected chi connectivity index (χ2v) is 7.57. The number of fused-ring (bicyclic) bond motifs is 1. The molecule has 4 aromatic rings. The zero-order valence-corrected chi connectivity index (χ0v) is 17.4. The Labute approximate surface area is 181 Å². The van der Waals surface area contributed by atoms with Crippen LogP contribution in [0.15, 0.2) is 72.8 Å². The van der Waals surface area contributed by atoms with Gasteiger partial charge in [-0.1, -0.05) is 47.9 Å². The Kier molecular flexibility index (Phi) is 5.93. The van der Waals surface area contributed by atoms with Crippen LogP contribution in [0.5, 0.6) is 5.75 Å². The second-order valence-electron chi connectivity index (χ2n) is 7.57. The highest BCUT2D eigenvalue weighted by Crippen LogP contribution is 2.16. The van der Waals surface area contributed by atoms with Crippen molar-refractivity contribution in [3.8, 4) is 5.75 Å². The van der Waals surface area contributed by atoms with Gasteiger partial charge in [-0.25, -0.2) is 4.79 Å². The van der Waals surface area contributed by atoms with Gasteiger partial charge in [0.25, 0.3) is 0 Å². The third-order valence-electron chi connectivity index (χ3n) is 5.31. The van der Waals surface area contributed by atoms with E-state index >= 15 is 0 Å². The molecule has 3 aromatic carbocycles. The summed E-state index contributed by atoms with van der Waals surface area (Å²) < 4.78 is 9.76. The Morgan fingerprint density at radius 1 is 0.968 bits per heavy atom. The summed E-state index contributed by atoms with van der Waals surface area (Å²) >= 11 is 0. The molecular formula is C24H24BN3O3. The van der Waals surface area contributed by atoms with Gasteiger partial charge in [-0.15, -0.1) is 0 Å². The van der Waals surface area contributed by atoms with Crippen LogP contribution in [0.4, 0.5) is 0 Å². The Bertz CT molecular complexity index is 1280. The van der Waals surface area contributed by atoms with E-state index in [1.54, 1.807) is 18.2 Å². The third-order valence-corrected chi connectivity index (χ3v) is 5.31. The zero-order valence-electron chi connectivity index (χ0n) is 17.4. The van der Waals surface area contributed by atoms with Gasteiger partial charge in [0, 0.05) is 6.54 Å². The van der Waals surface area contributed by atoms with E-state index in [-0.39, 0.29) is 5.56 Å². The summed E-state index contributed by atoms with van der Waals surface area (Å²) in [6.07, 6.45) is 0.701. The maximum Gasteiger partial charge on any atom is 0.335 e. The van der Waals surface area contributed by atoms with Gasteiger partial charge < -0.3 is 19.0 Å². The Hall–Kier alpha value is -3.74. The number of nitrogens with zero attached hydrogens (tertiary/aromatic N) is 2. The maximum absolute atomic E-state index is 11.1. The molecule has 0 atom stereocenters. The molecule has 0 spiro atoms. The molecule has 0 unspecified atom stereocenters. The fourth-order valence-corrected chi connectivity index (χ4v) is 3.69. The topological polar surface area (TPSA) is 80.2 Å². The molecule has 0 aliphatic rings. The molecule has 0 aliphatic carbocycles. The molecule has 0 bridgehead atoms. The third kappa shape index (κ3) is 4.56. The van der Waals surface area contributed by atoms with Gasteiger partial charge >= 0.3 is 5.97 Å². The van der Waals surface area contributed by atoms with Crippen LogP contribution in [0.1, 0.15) is 22.3 Å². The highest BCUT2D eigenvalue weighted by molar-refractivity contribution is 6.32. The number of imidazole rings is 1. The number of para-hydroxylation sites is 2. The fraction of sp³-hybridized carbons (Fsp3) is 0.167. The molecule has 0 saturated heterocycles. The highest BCUT2D eigenvalue weighted by Gasteiger charge is 2.11. The van der Waals surface area contributed by atoms with Crippen LogP contribution < -0.4 is 15.8 Å². The summed E-state index contributed by atoms with van der Waals surface area (Å²) in [4.78, 5) is 11.1. The summed E-state index contributed by atoms with van der Waals surface area (Å²) in [7, 11) is 2.07. The van der Waals surface area contributed by atoms with E-state index in [0.29, 0.717) is 37.5 Å². The monoisotopic (exact) mass is 413 g/mol. The molecule has 7 heteroatoms. The van der Waals surface area contributed by atoms with E-state index in [4.69, 9.17) is 15.3 Å². The standard InChI is InChI=1S/C24H24BN3O3/c25-19-11-9-17(10-12-19)16-28-22-8-2-1-7-21(22)27(24(28)26)13-4-14-31-20-6-3-5-18(15-20)23(29)30/h1-3,5-12,15,26H,4,13-14,16,25H2,(H,29,30). The SMILES string of the molecule is Bc1ccc(Cn2c(=N)n(CCCOc3cccc(C(=O)O)c3)c3ccccc32)cc1. The lowest BCUT2D eigenvalue weighted by molar-refractivity contribution is 0.0696. The average molecular weight is 413 g/mol. The van der Waals surface area contributed by atoms with E-state index in [9.17, 15) is 4.79 Å². The number of nitrogens with one attached hydrogen (secondary N) is 1. The van der Waals surface area contributed by atoms with Gasteiger partial charge in [0.05, 0.1) is 29.7 Å². The van der Waals surface area contributed by atoms with E-state index < -0.39 is 5.97 Å². The first-order valence-electron chi connectivity index (χ1n) is 10.3. The highest BCUT2D eigenvalue weighted by atomic mass is 16.5. The van der Waals surface area contributed by atoms with Crippen molar-refractivity contribution < 1.29 is 14.6 Å². The van der Waals surface area contributed by atoms with Crippen LogP contribution in [0.2, 0.25) is 0 Å². The van der Waals surface area contributed by atoms with Gasteiger partial charge in [-0.3, -0.25) is 5.41 Å². The lowest BCUT2D eigenvalue weighted by Gasteiger charge is -2.08. The summed E-state index contributed by atoms with van der Waals surface area (Å²) in [6, 6.07) is 23.0. The predicted molar refractivity (Wildman–Crippen MR) is 123 cm³/mol. The molecular weight excluding hydrogens is 389 g/mol. The molecule has 1 aromatic heterocycles. The first-order chi connectivity index (χ1) is 15.0. The first kappa shape index (κ1) is 20.5. The first-order valence-corrected chi connectivity index (χ1v) is 10.3. The minimum Gasteiger partial charge on any atom is -0.494 e. The number of hydrogen-bond donors (Lipinski definition) is 2. The van der Waals surface area contributed by atoms with Crippen molar-refractivity contribution in [2.24, 2.45) is 0 Å². The Morgan fingerprint density at radius 2 is 1.68 bits per heavy atom. The van der Waals surface area contributed by atoms with Crippen molar-refractivity contribution in [3.05, 3.63) is 89.5 Å². The lowest BCUT2D eigenvalue weighted by Crippen LogP contribution is -2.25. The van der Waals surface area contributed by atoms with Crippen molar-refractivity contribution in [2.45, 2.75) is 19.5 Å². The molecule has 0 aliphatic heterocycles. The number of carboxylic acids is 1. The van der Waals surface area contributed by atoms with Gasteiger partial charge in [-0.05, 0) is 42.3 Å². The average Bonchev–Trinajstić information content (AvgIpc) is 3.04. The minimum atomic E-state index is -0.971. The van der Waals surface area contributed by atoms with Crippen molar-refractivity contribution in [2.75, 3.05) is 6.61 Å². The van der Waals surface area contributed by atoms with Gasteiger partial charge in [0.1, 0.15) is 13.6 Å². The Morgan fingerprint density at radius 3 is 2.39 bits per heavy atom. The normalized spacial score (nSPS) is 11.0. The van der Waals surface area contributed by atoms with Crippen molar-refractivity contribution in [3.63, 3.8) is 0 Å². The van der Waals surface area contributed by atoms with E-state index in [1.165, 1.54) is 11.5 Å². The maximum atomic E-state index is 11.1. The molecule has 156 valence electrons. The van der Waals surface area contributed by atoms with Gasteiger partial charge in [-0.2, -0.15) is 0 Å². The van der Waals surface area contributed by atoms with Gasteiger partial charge in [0.2, 0.25) is 5.62 Å². The minimum absolute atomic E-state index is 0.208. The number of hydrogen-bond acceptors (Lipinski definition) is 3. The number of aromatic nitrogens is 2. The van der Waals surface area contributed by atoms with E-state index in [0.717, 1.165) is 16.6 Å². The number of benzene rings is 3. The molecule has 0 amide bonds. The molecule has 0 radical (unpaired) electrons. The fourth-order valence-electron chi connectivity index (χ4n) is 3.69. The predicted octanol–water partition coefficient (Wildman–Crippen LogP) is 2.40. The van der Waals surface area contributed by atoms with Crippen LogP contribution in [0, 0.1) is 5.41 Å². The number of aryl methyl sites for hydroxylation is 1. The zero-order chi connectivity index (χ0) is 21.8. The van der Waals surface area contributed by atoms with Crippen LogP contribution in [0.25, 0.3) is 11.0 Å². The van der Waals surface area contributed by atoms with Crippen LogP contribution in [-0.4, -0.2) is 34.7 Å². The summed E-state index contributed by atoms with van der Waals surface area (Å²) in [5.74, 6) is -0.431. The van der Waals surface area contributed by atoms with Gasteiger partial charge in [0.15, 0.2) is 0 Å². The smallest absolute Gasteiger partial charge is 0.335 e. The molecule has 0 fully saturated rings. The quantitative estimate of drug-likeness (QED) is 0.344. The molecule has 6 nitrogen and oxygen atoms in total. The lowest BCUT2D eigenvalue weighted by atomic mass is 9.95. The van der Waals surface area contributed by atoms with Crippen LogP contribution in [0.3, 0.4) is 0 Å². The molecule has 2 N–H and O–H groups in total. The summed E-state index contributed by atoms with van der Waals surface area (Å²) in [6.45, 7) is 1.72. The summed E-state index contributed by atoms with van der Waals surface area (Å²) in [5.41, 5.74) is 5.09. The van der Waals surface area contributed by atoms with Crippen molar-refractivity contribution in [1.82, 2.24) is 9.13 Å². The van der Waals surface area contributed by atoms with Crippen molar-refractivity contribution >= 4 is 30.3 Å². The summed E-state index contributed by atoms with van der Waals surface area (Å²) in [5, 5.41) is 17.9. The van der Waals surface area contributed by atoms with Crippen LogP contribution in [-0.2, 0) is 13.1 Å². The Balaban J connectivity index is 1.49. The van der Waals surface area contributed by atoms with E-state index in [1.807, 2.05) is 33.4 Å².